The number of hydrogen-bond donors (Lipinski definition) is 1. The van der Waals surface area contributed by atoms with Crippen molar-refractivity contribution in [2.45, 2.75) is 43.3 Å². The Morgan fingerprint density at radius 3 is 2.62 bits per heavy atom. The van der Waals surface area contributed by atoms with E-state index in [4.69, 9.17) is 0 Å². The summed E-state index contributed by atoms with van der Waals surface area (Å²) < 4.78 is 61.4. The molecule has 1 aromatic rings. The van der Waals surface area contributed by atoms with Crippen molar-refractivity contribution in [2.24, 2.45) is 0 Å². The quantitative estimate of drug-likeness (QED) is 0.836. The lowest BCUT2D eigenvalue weighted by Gasteiger charge is -2.33. The van der Waals surface area contributed by atoms with E-state index in [2.05, 4.69) is 5.32 Å². The monoisotopic (exact) mass is 392 g/mol. The van der Waals surface area contributed by atoms with Crippen molar-refractivity contribution in [1.82, 2.24) is 10.2 Å². The predicted molar refractivity (Wildman–Crippen MR) is 91.9 cm³/mol. The summed E-state index contributed by atoms with van der Waals surface area (Å²) in [5.74, 6) is -0.476. The Balaban J connectivity index is 2.10. The molecule has 1 aliphatic rings. The molecule has 9 heteroatoms. The molecule has 1 N–H and O–H groups in total. The molecule has 1 amide bonds. The van der Waals surface area contributed by atoms with Crippen molar-refractivity contribution >= 4 is 15.7 Å². The molecule has 0 spiro atoms. The standard InChI is InChI=1S/C17H23F3N2O3S/c1-3-12-6-7-13(9-15(12)26(2,24)25)16(23)21-14-5-4-8-22(10-14)11-17(18,19)20/h6-7,9,14H,3-5,8,10-11H2,1-2H3,(H,21,23)/t14-/m0/s1. The van der Waals surface area contributed by atoms with Crippen molar-refractivity contribution in [3.8, 4) is 0 Å². The number of alkyl halides is 3. The molecule has 2 rings (SSSR count). The van der Waals surface area contributed by atoms with Crippen LogP contribution in [0, 0.1) is 0 Å². The summed E-state index contributed by atoms with van der Waals surface area (Å²) in [6, 6.07) is 4.08. The molecule has 0 radical (unpaired) electrons. The Morgan fingerprint density at radius 1 is 1.35 bits per heavy atom. The zero-order chi connectivity index (χ0) is 19.5. The summed E-state index contributed by atoms with van der Waals surface area (Å²) >= 11 is 0. The van der Waals surface area contributed by atoms with Crippen LogP contribution >= 0.6 is 0 Å². The van der Waals surface area contributed by atoms with E-state index in [0.717, 1.165) is 6.26 Å². The van der Waals surface area contributed by atoms with E-state index in [0.29, 0.717) is 31.4 Å². The molecule has 5 nitrogen and oxygen atoms in total. The lowest BCUT2D eigenvalue weighted by Crippen LogP contribution is -2.50. The van der Waals surface area contributed by atoms with E-state index in [1.165, 1.54) is 11.0 Å². The van der Waals surface area contributed by atoms with Crippen LogP contribution in [0.4, 0.5) is 13.2 Å². The maximum atomic E-state index is 12.5. The molecule has 0 aromatic heterocycles. The van der Waals surface area contributed by atoms with Crippen molar-refractivity contribution in [2.75, 3.05) is 25.9 Å². The van der Waals surface area contributed by atoms with Gasteiger partial charge in [-0.3, -0.25) is 9.69 Å². The molecule has 0 saturated carbocycles. The Kier molecular flexibility index (Phi) is 6.33. The number of nitrogens with zero attached hydrogens (tertiary/aromatic N) is 1. The summed E-state index contributed by atoms with van der Waals surface area (Å²) in [6.45, 7) is 1.29. The van der Waals surface area contributed by atoms with Gasteiger partial charge < -0.3 is 5.32 Å². The van der Waals surface area contributed by atoms with Crippen LogP contribution in [0.2, 0.25) is 0 Å². The lowest BCUT2D eigenvalue weighted by atomic mass is 10.0. The summed E-state index contributed by atoms with van der Waals surface area (Å²) in [4.78, 5) is 13.8. The molecule has 1 saturated heterocycles. The third kappa shape index (κ3) is 5.70. The van der Waals surface area contributed by atoms with Gasteiger partial charge in [0.15, 0.2) is 9.84 Å². The maximum Gasteiger partial charge on any atom is 0.401 e. The Labute approximate surface area is 151 Å². The van der Waals surface area contributed by atoms with Gasteiger partial charge >= 0.3 is 6.18 Å². The van der Waals surface area contributed by atoms with Crippen LogP contribution in [0.25, 0.3) is 0 Å². The number of amides is 1. The van der Waals surface area contributed by atoms with Crippen molar-refractivity contribution in [3.63, 3.8) is 0 Å². The van der Waals surface area contributed by atoms with Gasteiger partial charge in [0.2, 0.25) is 0 Å². The minimum absolute atomic E-state index is 0.106. The molecule has 0 bridgehead atoms. The van der Waals surface area contributed by atoms with E-state index < -0.39 is 34.5 Å². The zero-order valence-electron chi connectivity index (χ0n) is 14.8. The Bertz CT molecular complexity index is 763. The number of hydrogen-bond acceptors (Lipinski definition) is 4. The van der Waals surface area contributed by atoms with Gasteiger partial charge in [-0.2, -0.15) is 13.2 Å². The van der Waals surface area contributed by atoms with Crippen molar-refractivity contribution < 1.29 is 26.4 Å². The number of rotatable bonds is 5. The van der Waals surface area contributed by atoms with E-state index in [9.17, 15) is 26.4 Å². The molecular weight excluding hydrogens is 369 g/mol. The average Bonchev–Trinajstić information content (AvgIpc) is 2.52. The van der Waals surface area contributed by atoms with Crippen molar-refractivity contribution in [1.29, 1.82) is 0 Å². The molecule has 1 aromatic carbocycles. The molecular formula is C17H23F3N2O3S. The first-order valence-electron chi connectivity index (χ1n) is 8.42. The predicted octanol–water partition coefficient (Wildman–Crippen LogP) is 2.41. The number of carbonyl (C=O) groups is 1. The van der Waals surface area contributed by atoms with Crippen LogP contribution in [0.5, 0.6) is 0 Å². The van der Waals surface area contributed by atoms with Crippen LogP contribution in [0.15, 0.2) is 23.1 Å². The number of aryl methyl sites for hydroxylation is 1. The van der Waals surface area contributed by atoms with E-state index in [1.54, 1.807) is 12.1 Å². The fraction of sp³-hybridized carbons (Fsp3) is 0.588. The van der Waals surface area contributed by atoms with Crippen LogP contribution in [0.1, 0.15) is 35.7 Å². The number of benzene rings is 1. The highest BCUT2D eigenvalue weighted by atomic mass is 32.2. The number of halogens is 3. The largest absolute Gasteiger partial charge is 0.401 e. The fourth-order valence-corrected chi connectivity index (χ4v) is 4.20. The van der Waals surface area contributed by atoms with Crippen LogP contribution in [-0.2, 0) is 16.3 Å². The van der Waals surface area contributed by atoms with E-state index in [-0.39, 0.29) is 17.0 Å². The van der Waals surface area contributed by atoms with Gasteiger partial charge in [0.25, 0.3) is 5.91 Å². The molecule has 0 unspecified atom stereocenters. The molecule has 1 heterocycles. The molecule has 146 valence electrons. The second-order valence-corrected chi connectivity index (χ2v) is 8.60. The number of piperidine rings is 1. The molecule has 1 atom stereocenters. The third-order valence-electron chi connectivity index (χ3n) is 4.35. The first-order chi connectivity index (χ1) is 12.0. The first-order valence-corrected chi connectivity index (χ1v) is 10.3. The third-order valence-corrected chi connectivity index (χ3v) is 5.53. The highest BCUT2D eigenvalue weighted by molar-refractivity contribution is 7.90. The minimum Gasteiger partial charge on any atom is -0.348 e. The van der Waals surface area contributed by atoms with E-state index in [1.807, 2.05) is 6.92 Å². The maximum absolute atomic E-state index is 12.5. The van der Waals surface area contributed by atoms with Gasteiger partial charge in [0, 0.05) is 24.4 Å². The number of nitrogens with one attached hydrogen (secondary N) is 1. The fourth-order valence-electron chi connectivity index (χ4n) is 3.17. The number of carbonyl (C=O) groups excluding carboxylic acids is 1. The summed E-state index contributed by atoms with van der Waals surface area (Å²) in [6.07, 6.45) is -1.53. The van der Waals surface area contributed by atoms with Gasteiger partial charge in [-0.15, -0.1) is 0 Å². The topological polar surface area (TPSA) is 66.5 Å². The van der Waals surface area contributed by atoms with Gasteiger partial charge in [0.05, 0.1) is 11.4 Å². The number of sulfone groups is 1. The average molecular weight is 392 g/mol. The second kappa shape index (κ2) is 7.96. The highest BCUT2D eigenvalue weighted by Gasteiger charge is 2.33. The van der Waals surface area contributed by atoms with Crippen LogP contribution < -0.4 is 5.32 Å². The second-order valence-electron chi connectivity index (χ2n) is 6.61. The normalized spacial score (nSPS) is 19.3. The zero-order valence-corrected chi connectivity index (χ0v) is 15.6. The van der Waals surface area contributed by atoms with Crippen molar-refractivity contribution in [3.05, 3.63) is 29.3 Å². The summed E-state index contributed by atoms with van der Waals surface area (Å²) in [7, 11) is -3.48. The van der Waals surface area contributed by atoms with E-state index >= 15 is 0 Å². The van der Waals surface area contributed by atoms with Crippen LogP contribution in [0.3, 0.4) is 0 Å². The van der Waals surface area contributed by atoms with Gasteiger partial charge in [-0.05, 0) is 43.5 Å². The molecule has 0 aliphatic carbocycles. The van der Waals surface area contributed by atoms with Gasteiger partial charge in [-0.1, -0.05) is 13.0 Å². The van der Waals surface area contributed by atoms with Crippen LogP contribution in [-0.4, -0.2) is 57.3 Å². The van der Waals surface area contributed by atoms with Gasteiger partial charge in [-0.25, -0.2) is 8.42 Å². The number of likely N-dealkylation sites (tertiary alicyclic amines) is 1. The highest BCUT2D eigenvalue weighted by Crippen LogP contribution is 2.21. The SMILES string of the molecule is CCc1ccc(C(=O)N[C@H]2CCCN(CC(F)(F)F)C2)cc1S(C)(=O)=O. The Hall–Kier alpha value is -1.61. The molecule has 1 aliphatic heterocycles. The molecule has 26 heavy (non-hydrogen) atoms. The minimum atomic E-state index is -4.27. The van der Waals surface area contributed by atoms with Gasteiger partial charge in [0.1, 0.15) is 0 Å². The first kappa shape index (κ1) is 20.7. The Morgan fingerprint density at radius 2 is 2.04 bits per heavy atom. The molecule has 1 fully saturated rings. The lowest BCUT2D eigenvalue weighted by molar-refractivity contribution is -0.148. The summed E-state index contributed by atoms with van der Waals surface area (Å²) in [5, 5.41) is 2.72. The smallest absolute Gasteiger partial charge is 0.348 e. The summed E-state index contributed by atoms with van der Waals surface area (Å²) in [5.41, 5.74) is 0.814.